The number of rotatable bonds is 4. The van der Waals surface area contributed by atoms with Crippen molar-refractivity contribution in [2.24, 2.45) is 5.92 Å². The van der Waals surface area contributed by atoms with Crippen LogP contribution < -0.4 is 4.90 Å². The summed E-state index contributed by atoms with van der Waals surface area (Å²) < 4.78 is 0.896. The molecule has 0 unspecified atom stereocenters. The third-order valence-electron chi connectivity index (χ3n) is 4.03. The van der Waals surface area contributed by atoms with Crippen molar-refractivity contribution in [3.63, 3.8) is 0 Å². The highest BCUT2D eigenvalue weighted by Crippen LogP contribution is 2.28. The first-order valence-electron chi connectivity index (χ1n) is 7.09. The number of carbonyl (C=O) groups excluding carboxylic acids is 1. The fraction of sp³-hybridized carbons (Fsp3) is 0.562. The van der Waals surface area contributed by atoms with Gasteiger partial charge in [-0.1, -0.05) is 19.3 Å². The van der Waals surface area contributed by atoms with Crippen LogP contribution in [0.3, 0.4) is 0 Å². The SMILES string of the molecule is CC(=O)c1ccc(N(C)CC2CCCCC2)cc1Br. The fourth-order valence-electron chi connectivity index (χ4n) is 2.89. The Labute approximate surface area is 124 Å². The zero-order valence-corrected chi connectivity index (χ0v) is 13.4. The predicted octanol–water partition coefficient (Wildman–Crippen LogP) is 4.67. The number of nitrogens with zero attached hydrogens (tertiary/aromatic N) is 1. The quantitative estimate of drug-likeness (QED) is 0.750. The van der Waals surface area contributed by atoms with Crippen LogP contribution in [0.15, 0.2) is 22.7 Å². The molecule has 0 heterocycles. The lowest BCUT2D eigenvalue weighted by Crippen LogP contribution is -2.26. The van der Waals surface area contributed by atoms with Gasteiger partial charge < -0.3 is 4.90 Å². The molecule has 1 saturated carbocycles. The Bertz CT molecular complexity index is 452. The monoisotopic (exact) mass is 323 g/mol. The lowest BCUT2D eigenvalue weighted by atomic mass is 9.89. The molecule has 1 fully saturated rings. The van der Waals surface area contributed by atoms with E-state index in [1.54, 1.807) is 6.92 Å². The van der Waals surface area contributed by atoms with Crippen LogP contribution in [0.25, 0.3) is 0 Å². The molecule has 0 N–H and O–H groups in total. The van der Waals surface area contributed by atoms with E-state index in [0.717, 1.165) is 22.5 Å². The number of Topliss-reactive ketones (excluding diaryl/α,β-unsaturated/α-hetero) is 1. The van der Waals surface area contributed by atoms with E-state index in [0.29, 0.717) is 0 Å². The van der Waals surface area contributed by atoms with E-state index in [4.69, 9.17) is 0 Å². The lowest BCUT2D eigenvalue weighted by Gasteiger charge is -2.28. The Morgan fingerprint density at radius 3 is 2.58 bits per heavy atom. The predicted molar refractivity (Wildman–Crippen MR) is 84.0 cm³/mol. The molecule has 0 atom stereocenters. The zero-order chi connectivity index (χ0) is 13.8. The van der Waals surface area contributed by atoms with Gasteiger partial charge in [0, 0.05) is 29.3 Å². The van der Waals surface area contributed by atoms with E-state index in [9.17, 15) is 4.79 Å². The van der Waals surface area contributed by atoms with Crippen LogP contribution in [-0.4, -0.2) is 19.4 Å². The maximum atomic E-state index is 11.4. The molecule has 0 saturated heterocycles. The van der Waals surface area contributed by atoms with Gasteiger partial charge in [-0.3, -0.25) is 4.79 Å². The van der Waals surface area contributed by atoms with Crippen LogP contribution in [0.2, 0.25) is 0 Å². The second kappa shape index (κ2) is 6.56. The maximum Gasteiger partial charge on any atom is 0.160 e. The lowest BCUT2D eigenvalue weighted by molar-refractivity contribution is 0.101. The Morgan fingerprint density at radius 1 is 1.32 bits per heavy atom. The van der Waals surface area contributed by atoms with Crippen molar-refractivity contribution in [2.75, 3.05) is 18.5 Å². The van der Waals surface area contributed by atoms with Crippen LogP contribution in [0, 0.1) is 5.92 Å². The molecule has 0 bridgehead atoms. The van der Waals surface area contributed by atoms with Crippen molar-refractivity contribution in [3.05, 3.63) is 28.2 Å². The average molecular weight is 324 g/mol. The largest absolute Gasteiger partial charge is 0.374 e. The summed E-state index contributed by atoms with van der Waals surface area (Å²) in [4.78, 5) is 13.7. The number of halogens is 1. The number of carbonyl (C=O) groups is 1. The Balaban J connectivity index is 2.04. The number of hydrogen-bond acceptors (Lipinski definition) is 2. The van der Waals surface area contributed by atoms with E-state index >= 15 is 0 Å². The molecule has 0 amide bonds. The highest BCUT2D eigenvalue weighted by atomic mass is 79.9. The van der Waals surface area contributed by atoms with E-state index in [1.165, 1.54) is 37.8 Å². The second-order valence-electron chi connectivity index (χ2n) is 5.60. The number of benzene rings is 1. The smallest absolute Gasteiger partial charge is 0.160 e. The van der Waals surface area contributed by atoms with Gasteiger partial charge in [0.15, 0.2) is 5.78 Å². The molecular formula is C16H22BrNO. The molecule has 104 valence electrons. The normalized spacial score (nSPS) is 16.4. The van der Waals surface area contributed by atoms with E-state index in [1.807, 2.05) is 12.1 Å². The number of anilines is 1. The van der Waals surface area contributed by atoms with Gasteiger partial charge in [0.25, 0.3) is 0 Å². The third-order valence-corrected chi connectivity index (χ3v) is 4.69. The first-order valence-corrected chi connectivity index (χ1v) is 7.89. The topological polar surface area (TPSA) is 20.3 Å². The summed E-state index contributed by atoms with van der Waals surface area (Å²) in [6, 6.07) is 6.02. The van der Waals surface area contributed by atoms with Crippen molar-refractivity contribution < 1.29 is 4.79 Å². The minimum absolute atomic E-state index is 0.105. The van der Waals surface area contributed by atoms with Crippen LogP contribution in [0.5, 0.6) is 0 Å². The second-order valence-corrected chi connectivity index (χ2v) is 6.46. The fourth-order valence-corrected chi connectivity index (χ4v) is 3.54. The summed E-state index contributed by atoms with van der Waals surface area (Å²) in [5, 5.41) is 0. The van der Waals surface area contributed by atoms with Crippen molar-refractivity contribution in [1.29, 1.82) is 0 Å². The van der Waals surface area contributed by atoms with Crippen LogP contribution >= 0.6 is 15.9 Å². The molecule has 0 aromatic heterocycles. The standard InChI is InChI=1S/C16H22BrNO/c1-12(19)15-9-8-14(10-16(15)17)18(2)11-13-6-4-3-5-7-13/h8-10,13H,3-7,11H2,1-2H3. The molecule has 2 rings (SSSR count). The van der Waals surface area contributed by atoms with Crippen LogP contribution in [0.4, 0.5) is 5.69 Å². The van der Waals surface area contributed by atoms with Gasteiger partial charge in [-0.05, 0) is 59.8 Å². The van der Waals surface area contributed by atoms with E-state index in [-0.39, 0.29) is 5.78 Å². The Morgan fingerprint density at radius 2 is 2.00 bits per heavy atom. The minimum Gasteiger partial charge on any atom is -0.374 e. The number of hydrogen-bond donors (Lipinski definition) is 0. The summed E-state index contributed by atoms with van der Waals surface area (Å²) in [6.07, 6.45) is 6.88. The van der Waals surface area contributed by atoms with Gasteiger partial charge in [0.05, 0.1) is 0 Å². The highest BCUT2D eigenvalue weighted by Gasteiger charge is 2.16. The molecule has 0 spiro atoms. The van der Waals surface area contributed by atoms with Gasteiger partial charge in [0.2, 0.25) is 0 Å². The van der Waals surface area contributed by atoms with Crippen molar-refractivity contribution >= 4 is 27.4 Å². The number of ketones is 1. The Hall–Kier alpha value is -0.830. The van der Waals surface area contributed by atoms with Crippen molar-refractivity contribution in [3.8, 4) is 0 Å². The van der Waals surface area contributed by atoms with E-state index in [2.05, 4.69) is 33.9 Å². The van der Waals surface area contributed by atoms with Gasteiger partial charge in [0.1, 0.15) is 0 Å². The molecule has 3 heteroatoms. The molecule has 0 aliphatic heterocycles. The zero-order valence-electron chi connectivity index (χ0n) is 11.8. The summed E-state index contributed by atoms with van der Waals surface area (Å²) in [5.74, 6) is 0.929. The first-order chi connectivity index (χ1) is 9.08. The molecule has 1 aliphatic rings. The highest BCUT2D eigenvalue weighted by molar-refractivity contribution is 9.10. The van der Waals surface area contributed by atoms with Gasteiger partial charge in [-0.25, -0.2) is 0 Å². The summed E-state index contributed by atoms with van der Waals surface area (Å²) in [6.45, 7) is 2.72. The summed E-state index contributed by atoms with van der Waals surface area (Å²) in [7, 11) is 2.14. The van der Waals surface area contributed by atoms with Crippen molar-refractivity contribution in [2.45, 2.75) is 39.0 Å². The summed E-state index contributed by atoms with van der Waals surface area (Å²) in [5.41, 5.74) is 1.94. The molecule has 2 nitrogen and oxygen atoms in total. The Kier molecular flexibility index (Phi) is 5.03. The molecular weight excluding hydrogens is 302 g/mol. The van der Waals surface area contributed by atoms with E-state index < -0.39 is 0 Å². The van der Waals surface area contributed by atoms with Gasteiger partial charge in [-0.15, -0.1) is 0 Å². The van der Waals surface area contributed by atoms with Gasteiger partial charge in [-0.2, -0.15) is 0 Å². The summed E-state index contributed by atoms with van der Waals surface area (Å²) >= 11 is 3.49. The molecule has 0 radical (unpaired) electrons. The van der Waals surface area contributed by atoms with Crippen LogP contribution in [-0.2, 0) is 0 Å². The van der Waals surface area contributed by atoms with Crippen molar-refractivity contribution in [1.82, 2.24) is 0 Å². The molecule has 1 aromatic carbocycles. The molecule has 1 aromatic rings. The third kappa shape index (κ3) is 3.82. The maximum absolute atomic E-state index is 11.4. The first kappa shape index (κ1) is 14.6. The van der Waals surface area contributed by atoms with Crippen LogP contribution in [0.1, 0.15) is 49.4 Å². The van der Waals surface area contributed by atoms with Gasteiger partial charge >= 0.3 is 0 Å². The molecule has 1 aliphatic carbocycles. The minimum atomic E-state index is 0.105. The molecule has 19 heavy (non-hydrogen) atoms. The average Bonchev–Trinajstić information content (AvgIpc) is 2.39.